The summed E-state index contributed by atoms with van der Waals surface area (Å²) in [6.45, 7) is 3.47. The van der Waals surface area contributed by atoms with Gasteiger partial charge in [0.1, 0.15) is 5.82 Å². The van der Waals surface area contributed by atoms with Gasteiger partial charge in [-0.1, -0.05) is 6.07 Å². The van der Waals surface area contributed by atoms with Crippen LogP contribution in [0.15, 0.2) is 30.3 Å². The van der Waals surface area contributed by atoms with E-state index in [-0.39, 0.29) is 17.6 Å². The van der Waals surface area contributed by atoms with E-state index >= 15 is 0 Å². The zero-order valence-corrected chi connectivity index (χ0v) is 11.9. The van der Waals surface area contributed by atoms with E-state index in [4.69, 9.17) is 0 Å². The summed E-state index contributed by atoms with van der Waals surface area (Å²) < 4.78 is 0. The lowest BCUT2D eigenvalue weighted by atomic mass is 10.0. The number of carboxylic acid groups (broad SMARTS) is 1. The second-order valence-corrected chi connectivity index (χ2v) is 5.58. The van der Waals surface area contributed by atoms with Gasteiger partial charge in [-0.3, -0.25) is 0 Å². The van der Waals surface area contributed by atoms with Gasteiger partial charge in [-0.25, -0.2) is 9.78 Å². The maximum Gasteiger partial charge on any atom is 0.336 e. The number of carbonyl (C=O) groups is 1. The fourth-order valence-electron chi connectivity index (χ4n) is 2.90. The molecule has 3 rings (SSSR count). The van der Waals surface area contributed by atoms with Crippen LogP contribution in [0.3, 0.4) is 0 Å². The van der Waals surface area contributed by atoms with Crippen LogP contribution in [0.1, 0.15) is 23.7 Å². The molecule has 0 saturated carbocycles. The molecule has 0 radical (unpaired) electrons. The van der Waals surface area contributed by atoms with Crippen molar-refractivity contribution in [1.29, 1.82) is 0 Å². The van der Waals surface area contributed by atoms with Gasteiger partial charge >= 0.3 is 5.97 Å². The maximum atomic E-state index is 11.2. The van der Waals surface area contributed by atoms with Gasteiger partial charge in [0.15, 0.2) is 0 Å². The molecule has 5 heteroatoms. The third-order valence-corrected chi connectivity index (χ3v) is 4.18. The van der Waals surface area contributed by atoms with Gasteiger partial charge in [0.2, 0.25) is 0 Å². The highest BCUT2D eigenvalue weighted by Gasteiger charge is 2.26. The predicted molar refractivity (Wildman–Crippen MR) is 80.7 cm³/mol. The molecule has 0 aliphatic carbocycles. The number of pyridine rings is 1. The standard InChI is InChI=1S/C16H18N2O3/c1-10(19)11-7-8-18(9-11)15-6-5-12-13(16(20)21)3-2-4-14(12)17-15/h2-6,10-11,19H,7-9H2,1H3,(H,20,21). The van der Waals surface area contributed by atoms with Crippen molar-refractivity contribution in [2.75, 3.05) is 18.0 Å². The van der Waals surface area contributed by atoms with Crippen LogP contribution in [0.5, 0.6) is 0 Å². The first kappa shape index (κ1) is 13.8. The van der Waals surface area contributed by atoms with E-state index in [1.165, 1.54) is 0 Å². The molecule has 1 aromatic heterocycles. The Morgan fingerprint density at radius 1 is 1.38 bits per heavy atom. The van der Waals surface area contributed by atoms with Crippen molar-refractivity contribution in [3.63, 3.8) is 0 Å². The highest BCUT2D eigenvalue weighted by Crippen LogP contribution is 2.27. The average Bonchev–Trinajstić information content (AvgIpc) is 2.96. The van der Waals surface area contributed by atoms with Crippen LogP contribution >= 0.6 is 0 Å². The minimum absolute atomic E-state index is 0.271. The first-order valence-corrected chi connectivity index (χ1v) is 7.12. The molecule has 1 aliphatic rings. The average molecular weight is 286 g/mol. The monoisotopic (exact) mass is 286 g/mol. The highest BCUT2D eigenvalue weighted by atomic mass is 16.4. The van der Waals surface area contributed by atoms with E-state index in [1.807, 2.05) is 25.1 Å². The van der Waals surface area contributed by atoms with Gasteiger partial charge in [0.05, 0.1) is 17.2 Å². The topological polar surface area (TPSA) is 73.7 Å². The predicted octanol–water partition coefficient (Wildman–Crippen LogP) is 2.14. The van der Waals surface area contributed by atoms with Crippen LogP contribution < -0.4 is 4.90 Å². The second kappa shape index (κ2) is 5.33. The molecule has 2 unspecified atom stereocenters. The molecular formula is C16H18N2O3. The Kier molecular flexibility index (Phi) is 3.51. The second-order valence-electron chi connectivity index (χ2n) is 5.58. The number of aliphatic hydroxyl groups is 1. The molecule has 110 valence electrons. The number of aromatic nitrogens is 1. The summed E-state index contributed by atoms with van der Waals surface area (Å²) >= 11 is 0. The molecule has 2 heterocycles. The minimum atomic E-state index is -0.939. The largest absolute Gasteiger partial charge is 0.478 e. The highest BCUT2D eigenvalue weighted by molar-refractivity contribution is 6.02. The fraction of sp³-hybridized carbons (Fsp3) is 0.375. The molecule has 5 nitrogen and oxygen atoms in total. The van der Waals surface area contributed by atoms with Crippen molar-refractivity contribution >= 4 is 22.7 Å². The Morgan fingerprint density at radius 2 is 2.19 bits per heavy atom. The van der Waals surface area contributed by atoms with Crippen LogP contribution in [0, 0.1) is 5.92 Å². The summed E-state index contributed by atoms with van der Waals surface area (Å²) in [5.41, 5.74) is 0.961. The van der Waals surface area contributed by atoms with Crippen LogP contribution in [0.25, 0.3) is 10.9 Å². The van der Waals surface area contributed by atoms with Gasteiger partial charge in [0.25, 0.3) is 0 Å². The lowest BCUT2D eigenvalue weighted by Crippen LogP contribution is -2.24. The molecule has 2 N–H and O–H groups in total. The Bertz CT molecular complexity index is 684. The fourth-order valence-corrected chi connectivity index (χ4v) is 2.90. The van der Waals surface area contributed by atoms with E-state index in [2.05, 4.69) is 9.88 Å². The van der Waals surface area contributed by atoms with Crippen molar-refractivity contribution < 1.29 is 15.0 Å². The molecule has 2 atom stereocenters. The molecule has 0 bridgehead atoms. The van der Waals surface area contributed by atoms with E-state index in [9.17, 15) is 15.0 Å². The molecule has 1 aliphatic heterocycles. The van der Waals surface area contributed by atoms with Gasteiger partial charge < -0.3 is 15.1 Å². The van der Waals surface area contributed by atoms with Crippen LogP contribution in [0.2, 0.25) is 0 Å². The van der Waals surface area contributed by atoms with Crippen molar-refractivity contribution in [3.8, 4) is 0 Å². The number of benzene rings is 1. The number of anilines is 1. The molecule has 0 spiro atoms. The minimum Gasteiger partial charge on any atom is -0.478 e. The molecule has 1 fully saturated rings. The van der Waals surface area contributed by atoms with Crippen LogP contribution in [-0.2, 0) is 0 Å². The zero-order valence-electron chi connectivity index (χ0n) is 11.9. The summed E-state index contributed by atoms with van der Waals surface area (Å²) in [6, 6.07) is 8.81. The SMILES string of the molecule is CC(O)C1CCN(c2ccc3c(C(=O)O)cccc3n2)C1. The summed E-state index contributed by atoms with van der Waals surface area (Å²) in [5, 5.41) is 19.5. The number of aromatic carboxylic acids is 1. The van der Waals surface area contributed by atoms with Crippen molar-refractivity contribution in [1.82, 2.24) is 4.98 Å². The summed E-state index contributed by atoms with van der Waals surface area (Å²) in [5.74, 6) is 0.173. The normalized spacial score (nSPS) is 19.9. The number of carboxylic acids is 1. The molecule has 2 aromatic rings. The van der Waals surface area contributed by atoms with Crippen LogP contribution in [0.4, 0.5) is 5.82 Å². The third-order valence-electron chi connectivity index (χ3n) is 4.18. The first-order valence-electron chi connectivity index (χ1n) is 7.12. The van der Waals surface area contributed by atoms with E-state index in [0.717, 1.165) is 25.3 Å². The number of rotatable bonds is 3. The molecule has 21 heavy (non-hydrogen) atoms. The number of hydrogen-bond donors (Lipinski definition) is 2. The van der Waals surface area contributed by atoms with Crippen molar-refractivity contribution in [3.05, 3.63) is 35.9 Å². The van der Waals surface area contributed by atoms with Crippen LogP contribution in [-0.4, -0.2) is 40.4 Å². The summed E-state index contributed by atoms with van der Waals surface area (Å²) in [4.78, 5) is 17.9. The van der Waals surface area contributed by atoms with Gasteiger partial charge in [-0.15, -0.1) is 0 Å². The lowest BCUT2D eigenvalue weighted by molar-refractivity contribution is 0.0699. The van der Waals surface area contributed by atoms with Gasteiger partial charge in [0, 0.05) is 24.4 Å². The van der Waals surface area contributed by atoms with Gasteiger partial charge in [-0.05, 0) is 37.6 Å². The molecule has 1 aromatic carbocycles. The summed E-state index contributed by atoms with van der Waals surface area (Å²) in [7, 11) is 0. The zero-order chi connectivity index (χ0) is 15.0. The van der Waals surface area contributed by atoms with Gasteiger partial charge in [-0.2, -0.15) is 0 Å². The van der Waals surface area contributed by atoms with E-state index in [1.54, 1.807) is 12.1 Å². The Hall–Kier alpha value is -2.14. The Balaban J connectivity index is 1.94. The smallest absolute Gasteiger partial charge is 0.336 e. The third kappa shape index (κ3) is 2.56. The van der Waals surface area contributed by atoms with Crippen molar-refractivity contribution in [2.24, 2.45) is 5.92 Å². The molecule has 1 saturated heterocycles. The summed E-state index contributed by atoms with van der Waals surface area (Å²) in [6.07, 6.45) is 0.640. The number of fused-ring (bicyclic) bond motifs is 1. The van der Waals surface area contributed by atoms with E-state index in [0.29, 0.717) is 10.9 Å². The number of hydrogen-bond acceptors (Lipinski definition) is 4. The number of nitrogens with zero attached hydrogens (tertiary/aromatic N) is 2. The molecular weight excluding hydrogens is 268 g/mol. The quantitative estimate of drug-likeness (QED) is 0.904. The number of aliphatic hydroxyl groups excluding tert-OH is 1. The lowest BCUT2D eigenvalue weighted by Gasteiger charge is -2.19. The van der Waals surface area contributed by atoms with Crippen molar-refractivity contribution in [2.45, 2.75) is 19.4 Å². The maximum absolute atomic E-state index is 11.2. The Labute approximate surface area is 122 Å². The van der Waals surface area contributed by atoms with E-state index < -0.39 is 5.97 Å². The first-order chi connectivity index (χ1) is 10.1. The Morgan fingerprint density at radius 3 is 2.86 bits per heavy atom. The molecule has 0 amide bonds.